The first-order valence-electron chi connectivity index (χ1n) is 12.1. The standard InChI is InChI=1S/C29H30N4O5/c1-17-11-18(2)27(19(3)12-17)28(34)32-25(29(35)36)13-20-5-7-21(8-6-20)24-14-23(38-33-24)16-31-26-15-22(37-4)9-10-30-26/h5-12,14-15,25H,13,16H2,1-4H3,(H,30,31)(H,32,34)(H,35,36). The van der Waals surface area contributed by atoms with Crippen molar-refractivity contribution < 1.29 is 24.0 Å². The molecule has 2 aromatic heterocycles. The van der Waals surface area contributed by atoms with Crippen LogP contribution in [0.3, 0.4) is 0 Å². The summed E-state index contributed by atoms with van der Waals surface area (Å²) in [6, 6.07) is 15.5. The Morgan fingerprint density at radius 1 is 1.03 bits per heavy atom. The van der Waals surface area contributed by atoms with E-state index in [1.165, 1.54) is 0 Å². The highest BCUT2D eigenvalue weighted by atomic mass is 16.5. The summed E-state index contributed by atoms with van der Waals surface area (Å²) in [5.41, 5.74) is 5.44. The minimum absolute atomic E-state index is 0.146. The second kappa shape index (κ2) is 11.6. The lowest BCUT2D eigenvalue weighted by Gasteiger charge is -2.17. The molecule has 2 heterocycles. The van der Waals surface area contributed by atoms with Crippen LogP contribution in [0, 0.1) is 20.8 Å². The van der Waals surface area contributed by atoms with Gasteiger partial charge < -0.3 is 25.0 Å². The van der Waals surface area contributed by atoms with Gasteiger partial charge in [-0.3, -0.25) is 4.79 Å². The van der Waals surface area contributed by atoms with E-state index in [9.17, 15) is 14.7 Å². The molecule has 1 unspecified atom stereocenters. The van der Waals surface area contributed by atoms with Gasteiger partial charge in [0.1, 0.15) is 23.3 Å². The molecule has 38 heavy (non-hydrogen) atoms. The molecule has 0 fully saturated rings. The van der Waals surface area contributed by atoms with E-state index in [-0.39, 0.29) is 6.42 Å². The van der Waals surface area contributed by atoms with Crippen LogP contribution in [0.4, 0.5) is 5.82 Å². The molecule has 2 aromatic carbocycles. The number of aliphatic carboxylic acids is 1. The summed E-state index contributed by atoms with van der Waals surface area (Å²) in [5.74, 6) is 0.496. The first-order valence-corrected chi connectivity index (χ1v) is 12.1. The third-order valence-corrected chi connectivity index (χ3v) is 6.17. The topological polar surface area (TPSA) is 127 Å². The summed E-state index contributed by atoms with van der Waals surface area (Å²) < 4.78 is 10.6. The second-order valence-electron chi connectivity index (χ2n) is 9.15. The van der Waals surface area contributed by atoms with Gasteiger partial charge in [-0.2, -0.15) is 0 Å². The highest BCUT2D eigenvalue weighted by Gasteiger charge is 2.23. The Morgan fingerprint density at radius 3 is 2.39 bits per heavy atom. The Bertz CT molecular complexity index is 1420. The van der Waals surface area contributed by atoms with Crippen molar-refractivity contribution in [3.05, 3.63) is 94.4 Å². The quantitative estimate of drug-likeness (QED) is 0.278. The van der Waals surface area contributed by atoms with E-state index in [0.29, 0.717) is 35.1 Å². The molecule has 0 spiro atoms. The minimum atomic E-state index is -1.09. The smallest absolute Gasteiger partial charge is 0.326 e. The number of pyridine rings is 1. The molecular weight excluding hydrogens is 484 g/mol. The molecule has 9 nitrogen and oxygen atoms in total. The van der Waals surface area contributed by atoms with Crippen molar-refractivity contribution >= 4 is 17.7 Å². The largest absolute Gasteiger partial charge is 0.497 e. The molecule has 0 radical (unpaired) electrons. The van der Waals surface area contributed by atoms with Crippen LogP contribution < -0.4 is 15.4 Å². The molecule has 3 N–H and O–H groups in total. The summed E-state index contributed by atoms with van der Waals surface area (Å²) in [5, 5.41) is 19.7. The number of aromatic nitrogens is 2. The van der Waals surface area contributed by atoms with Gasteiger partial charge in [0.15, 0.2) is 5.76 Å². The van der Waals surface area contributed by atoms with Crippen LogP contribution in [0.5, 0.6) is 5.75 Å². The molecule has 0 aliphatic rings. The molecular formula is C29H30N4O5. The van der Waals surface area contributed by atoms with Crippen molar-refractivity contribution in [2.75, 3.05) is 12.4 Å². The molecule has 196 valence electrons. The summed E-state index contributed by atoms with van der Waals surface area (Å²) in [6.07, 6.45) is 1.80. The van der Waals surface area contributed by atoms with Gasteiger partial charge in [-0.1, -0.05) is 47.1 Å². The number of anilines is 1. The van der Waals surface area contributed by atoms with Gasteiger partial charge in [-0.25, -0.2) is 9.78 Å². The van der Waals surface area contributed by atoms with Crippen LogP contribution in [0.1, 0.15) is 38.4 Å². The van der Waals surface area contributed by atoms with Crippen molar-refractivity contribution in [2.45, 2.75) is 39.8 Å². The number of methoxy groups -OCH3 is 1. The fourth-order valence-electron chi connectivity index (χ4n) is 4.36. The van der Waals surface area contributed by atoms with Crippen molar-refractivity contribution in [3.8, 4) is 17.0 Å². The highest BCUT2D eigenvalue weighted by Crippen LogP contribution is 2.22. The van der Waals surface area contributed by atoms with Crippen LogP contribution in [-0.2, 0) is 17.8 Å². The van der Waals surface area contributed by atoms with E-state index in [1.807, 2.05) is 63.2 Å². The third-order valence-electron chi connectivity index (χ3n) is 6.17. The van der Waals surface area contributed by atoms with Crippen LogP contribution in [-0.4, -0.2) is 40.3 Å². The normalized spacial score (nSPS) is 11.6. The highest BCUT2D eigenvalue weighted by molar-refractivity contribution is 5.99. The first kappa shape index (κ1) is 26.4. The van der Waals surface area contributed by atoms with Crippen molar-refractivity contribution in [1.29, 1.82) is 0 Å². The summed E-state index contributed by atoms with van der Waals surface area (Å²) >= 11 is 0. The van der Waals surface area contributed by atoms with E-state index in [2.05, 4.69) is 20.8 Å². The Labute approximate surface area is 220 Å². The molecule has 4 aromatic rings. The van der Waals surface area contributed by atoms with Crippen LogP contribution in [0.2, 0.25) is 0 Å². The zero-order valence-electron chi connectivity index (χ0n) is 21.7. The van der Waals surface area contributed by atoms with Crippen LogP contribution in [0.25, 0.3) is 11.3 Å². The third kappa shape index (κ3) is 6.36. The molecule has 1 amide bonds. The number of carbonyl (C=O) groups excluding carboxylic acids is 1. The van der Waals surface area contributed by atoms with E-state index >= 15 is 0 Å². The lowest BCUT2D eigenvalue weighted by atomic mass is 9.98. The van der Waals surface area contributed by atoms with Gasteiger partial charge in [0.05, 0.1) is 13.7 Å². The van der Waals surface area contributed by atoms with Gasteiger partial charge in [0.25, 0.3) is 5.91 Å². The lowest BCUT2D eigenvalue weighted by Crippen LogP contribution is -2.42. The number of benzene rings is 2. The average molecular weight is 515 g/mol. The van der Waals surface area contributed by atoms with Crippen molar-refractivity contribution in [2.24, 2.45) is 0 Å². The number of nitrogens with one attached hydrogen (secondary N) is 2. The van der Waals surface area contributed by atoms with E-state index in [1.54, 1.807) is 25.4 Å². The van der Waals surface area contributed by atoms with Gasteiger partial charge in [-0.05, 0) is 43.5 Å². The Balaban J connectivity index is 1.39. The molecule has 0 aliphatic carbocycles. The van der Waals surface area contributed by atoms with Crippen molar-refractivity contribution in [3.63, 3.8) is 0 Å². The molecule has 0 saturated heterocycles. The van der Waals surface area contributed by atoms with E-state index in [4.69, 9.17) is 9.26 Å². The van der Waals surface area contributed by atoms with Gasteiger partial charge in [-0.15, -0.1) is 0 Å². The maximum atomic E-state index is 12.9. The first-order chi connectivity index (χ1) is 18.2. The number of rotatable bonds is 10. The number of carboxylic acids is 1. The second-order valence-corrected chi connectivity index (χ2v) is 9.15. The monoisotopic (exact) mass is 514 g/mol. The van der Waals surface area contributed by atoms with Crippen molar-refractivity contribution in [1.82, 2.24) is 15.5 Å². The molecule has 4 rings (SSSR count). The zero-order chi connectivity index (χ0) is 27.2. The van der Waals surface area contributed by atoms with E-state index < -0.39 is 17.9 Å². The van der Waals surface area contributed by atoms with Gasteiger partial charge in [0, 0.05) is 35.9 Å². The number of amides is 1. The Hall–Kier alpha value is -4.66. The maximum absolute atomic E-state index is 12.9. The average Bonchev–Trinajstić information content (AvgIpc) is 3.36. The number of nitrogens with zero attached hydrogens (tertiary/aromatic N) is 2. The molecule has 9 heteroatoms. The fourth-order valence-corrected chi connectivity index (χ4v) is 4.36. The predicted octanol–water partition coefficient (Wildman–Crippen LogP) is 4.71. The Morgan fingerprint density at radius 2 is 1.74 bits per heavy atom. The number of carboxylic acid groups (broad SMARTS) is 1. The summed E-state index contributed by atoms with van der Waals surface area (Å²) in [6.45, 7) is 6.06. The molecule has 1 atom stereocenters. The molecule has 0 bridgehead atoms. The fraction of sp³-hybridized carbons (Fsp3) is 0.241. The van der Waals surface area contributed by atoms with Crippen LogP contribution >= 0.6 is 0 Å². The lowest BCUT2D eigenvalue weighted by molar-refractivity contribution is -0.139. The molecule has 0 saturated carbocycles. The van der Waals surface area contributed by atoms with Crippen LogP contribution in [0.15, 0.2) is 65.3 Å². The number of hydrogen-bond acceptors (Lipinski definition) is 7. The zero-order valence-corrected chi connectivity index (χ0v) is 21.7. The number of aryl methyl sites for hydroxylation is 3. The van der Waals surface area contributed by atoms with Gasteiger partial charge in [0.2, 0.25) is 0 Å². The molecule has 0 aliphatic heterocycles. The van der Waals surface area contributed by atoms with Gasteiger partial charge >= 0.3 is 5.97 Å². The number of carbonyl (C=O) groups is 2. The summed E-state index contributed by atoms with van der Waals surface area (Å²) in [7, 11) is 1.60. The summed E-state index contributed by atoms with van der Waals surface area (Å²) in [4.78, 5) is 29.1. The minimum Gasteiger partial charge on any atom is -0.497 e. The number of hydrogen-bond donors (Lipinski definition) is 3. The SMILES string of the molecule is COc1ccnc(NCc2cc(-c3ccc(CC(NC(=O)c4c(C)cc(C)cc4C)C(=O)O)cc3)no2)c1. The predicted molar refractivity (Wildman–Crippen MR) is 143 cm³/mol. The Kier molecular flexibility index (Phi) is 8.06. The maximum Gasteiger partial charge on any atom is 0.326 e. The van der Waals surface area contributed by atoms with E-state index in [0.717, 1.165) is 27.8 Å². The number of ether oxygens (including phenoxy) is 1.